The van der Waals surface area contributed by atoms with Crippen LogP contribution >= 0.6 is 15.9 Å². The van der Waals surface area contributed by atoms with Gasteiger partial charge in [0.15, 0.2) is 0 Å². The van der Waals surface area contributed by atoms with E-state index in [1.165, 1.54) is 13.2 Å². The van der Waals surface area contributed by atoms with Crippen molar-refractivity contribution in [3.05, 3.63) is 40.5 Å². The van der Waals surface area contributed by atoms with E-state index in [0.29, 0.717) is 0 Å². The van der Waals surface area contributed by atoms with Crippen molar-refractivity contribution in [3.63, 3.8) is 0 Å². The predicted octanol–water partition coefficient (Wildman–Crippen LogP) is 2.86. The molecule has 0 aliphatic rings. The molecule has 0 heterocycles. The summed E-state index contributed by atoms with van der Waals surface area (Å²) in [7, 11) is 1.34. The van der Waals surface area contributed by atoms with Gasteiger partial charge in [0.25, 0.3) is 0 Å². The summed E-state index contributed by atoms with van der Waals surface area (Å²) in [4.78, 5) is 10.8. The number of hydrogen-bond acceptors (Lipinski definition) is 3. The van der Waals surface area contributed by atoms with Crippen molar-refractivity contribution in [1.29, 1.82) is 0 Å². The van der Waals surface area contributed by atoms with Crippen LogP contribution in [0.5, 0.6) is 0 Å². The number of esters is 1. The summed E-state index contributed by atoms with van der Waals surface area (Å²) >= 11 is 3.38. The molecular weight excluding hydrogens is 258 g/mol. The first-order valence-electron chi connectivity index (χ1n) is 4.40. The summed E-state index contributed by atoms with van der Waals surface area (Å²) in [6.07, 6.45) is 2.89. The topological polar surface area (TPSA) is 38.3 Å². The van der Waals surface area contributed by atoms with Crippen LogP contribution in [0.3, 0.4) is 0 Å². The lowest BCUT2D eigenvalue weighted by Crippen LogP contribution is -1.97. The molecule has 1 N–H and O–H groups in total. The van der Waals surface area contributed by atoms with Gasteiger partial charge >= 0.3 is 5.97 Å². The Kier molecular flexibility index (Phi) is 4.37. The molecule has 0 aliphatic carbocycles. The monoisotopic (exact) mass is 269 g/mol. The first-order valence-corrected chi connectivity index (χ1v) is 5.20. The highest BCUT2D eigenvalue weighted by atomic mass is 79.9. The van der Waals surface area contributed by atoms with Crippen molar-refractivity contribution >= 4 is 27.6 Å². The number of carbonyl (C=O) groups is 1. The molecule has 0 saturated heterocycles. The maximum Gasteiger partial charge on any atom is 0.331 e. The summed E-state index contributed by atoms with van der Waals surface area (Å²) in [6.45, 7) is 1.99. The van der Waals surface area contributed by atoms with E-state index in [2.05, 4.69) is 26.0 Å². The van der Waals surface area contributed by atoms with Crippen LogP contribution in [0.2, 0.25) is 0 Å². The lowest BCUT2D eigenvalue weighted by molar-refractivity contribution is -0.134. The van der Waals surface area contributed by atoms with E-state index < -0.39 is 0 Å². The third-order valence-corrected chi connectivity index (χ3v) is 2.34. The zero-order chi connectivity index (χ0) is 11.3. The number of carbonyl (C=O) groups excluding carboxylic acids is 1. The number of ether oxygens (including phenoxy) is 1. The second-order valence-electron chi connectivity index (χ2n) is 2.96. The van der Waals surface area contributed by atoms with Crippen molar-refractivity contribution in [2.45, 2.75) is 6.92 Å². The third kappa shape index (κ3) is 3.75. The minimum atomic E-state index is -0.378. The summed E-state index contributed by atoms with van der Waals surface area (Å²) in [5.41, 5.74) is 2.05. The van der Waals surface area contributed by atoms with Crippen LogP contribution in [0.4, 0.5) is 5.69 Å². The minimum Gasteiger partial charge on any atom is -0.466 e. The average molecular weight is 270 g/mol. The number of halogens is 1. The molecule has 3 nitrogen and oxygen atoms in total. The van der Waals surface area contributed by atoms with Crippen LogP contribution in [-0.4, -0.2) is 13.1 Å². The summed E-state index contributed by atoms with van der Waals surface area (Å²) in [5.74, 6) is -0.378. The Morgan fingerprint density at radius 2 is 2.27 bits per heavy atom. The quantitative estimate of drug-likeness (QED) is 0.678. The fourth-order valence-electron chi connectivity index (χ4n) is 1.06. The lowest BCUT2D eigenvalue weighted by atomic mass is 10.2. The number of anilines is 1. The Labute approximate surface area is 97.3 Å². The highest BCUT2D eigenvalue weighted by molar-refractivity contribution is 9.10. The van der Waals surface area contributed by atoms with E-state index >= 15 is 0 Å². The second-order valence-corrected chi connectivity index (χ2v) is 3.88. The average Bonchev–Trinajstić information content (AvgIpc) is 2.21. The van der Waals surface area contributed by atoms with Gasteiger partial charge in [0, 0.05) is 22.4 Å². The molecule has 0 radical (unpaired) electrons. The number of benzene rings is 1. The molecule has 0 saturated carbocycles. The van der Waals surface area contributed by atoms with Gasteiger partial charge in [-0.05, 0) is 30.7 Å². The normalized spacial score (nSPS) is 10.3. The summed E-state index contributed by atoms with van der Waals surface area (Å²) in [6, 6.07) is 5.86. The SMILES string of the molecule is COC(=O)/C=C/Nc1ccc(Br)cc1C. The maximum atomic E-state index is 10.8. The van der Waals surface area contributed by atoms with Gasteiger partial charge in [-0.2, -0.15) is 0 Å². The maximum absolute atomic E-state index is 10.8. The van der Waals surface area contributed by atoms with Crippen molar-refractivity contribution in [2.24, 2.45) is 0 Å². The van der Waals surface area contributed by atoms with Crippen LogP contribution in [0, 0.1) is 6.92 Å². The Morgan fingerprint density at radius 3 is 2.87 bits per heavy atom. The molecule has 1 aromatic carbocycles. The molecule has 0 atom stereocenters. The zero-order valence-corrected chi connectivity index (χ0v) is 10.2. The number of aryl methyl sites for hydroxylation is 1. The molecule has 0 spiro atoms. The number of rotatable bonds is 3. The van der Waals surface area contributed by atoms with E-state index in [1.807, 2.05) is 25.1 Å². The van der Waals surface area contributed by atoms with E-state index in [-0.39, 0.29) is 5.97 Å². The predicted molar refractivity (Wildman–Crippen MR) is 63.7 cm³/mol. The van der Waals surface area contributed by atoms with Gasteiger partial charge in [-0.25, -0.2) is 4.79 Å². The van der Waals surface area contributed by atoms with Crippen molar-refractivity contribution in [2.75, 3.05) is 12.4 Å². The fraction of sp³-hybridized carbons (Fsp3) is 0.182. The lowest BCUT2D eigenvalue weighted by Gasteiger charge is -2.05. The Hall–Kier alpha value is -1.29. The molecule has 0 bridgehead atoms. The molecule has 80 valence electrons. The Morgan fingerprint density at radius 1 is 1.53 bits per heavy atom. The minimum absolute atomic E-state index is 0.378. The molecule has 1 rings (SSSR count). The molecule has 0 fully saturated rings. The smallest absolute Gasteiger partial charge is 0.331 e. The zero-order valence-electron chi connectivity index (χ0n) is 8.58. The summed E-state index contributed by atoms with van der Waals surface area (Å²) < 4.78 is 5.49. The largest absolute Gasteiger partial charge is 0.466 e. The van der Waals surface area contributed by atoms with Crippen molar-refractivity contribution < 1.29 is 9.53 Å². The van der Waals surface area contributed by atoms with Gasteiger partial charge in [-0.15, -0.1) is 0 Å². The molecule has 0 amide bonds. The molecule has 0 aromatic heterocycles. The van der Waals surface area contributed by atoms with Crippen LogP contribution in [0.15, 0.2) is 34.9 Å². The first-order chi connectivity index (χ1) is 7.13. The number of nitrogens with one attached hydrogen (secondary N) is 1. The Bertz CT molecular complexity index is 388. The molecule has 1 aromatic rings. The van der Waals surface area contributed by atoms with E-state index in [9.17, 15) is 4.79 Å². The van der Waals surface area contributed by atoms with Gasteiger partial charge in [-0.3, -0.25) is 0 Å². The van der Waals surface area contributed by atoms with Gasteiger partial charge in [0.1, 0.15) is 0 Å². The molecule has 4 heteroatoms. The highest BCUT2D eigenvalue weighted by Gasteiger charge is 1.96. The second kappa shape index (κ2) is 5.56. The van der Waals surface area contributed by atoms with Gasteiger partial charge in [0.05, 0.1) is 7.11 Å². The summed E-state index contributed by atoms with van der Waals surface area (Å²) in [5, 5.41) is 3.00. The first kappa shape index (κ1) is 11.8. The van der Waals surface area contributed by atoms with Gasteiger partial charge in [0.2, 0.25) is 0 Å². The van der Waals surface area contributed by atoms with Crippen LogP contribution in [0.1, 0.15) is 5.56 Å². The fourth-order valence-corrected chi connectivity index (χ4v) is 1.53. The standard InChI is InChI=1S/C11H12BrNO2/c1-8-7-9(12)3-4-10(8)13-6-5-11(14)15-2/h3-7,13H,1-2H3/b6-5+. The van der Waals surface area contributed by atoms with E-state index in [4.69, 9.17) is 0 Å². The van der Waals surface area contributed by atoms with Crippen LogP contribution < -0.4 is 5.32 Å². The van der Waals surface area contributed by atoms with Crippen molar-refractivity contribution in [1.82, 2.24) is 0 Å². The third-order valence-electron chi connectivity index (χ3n) is 1.85. The van der Waals surface area contributed by atoms with Crippen LogP contribution in [0.25, 0.3) is 0 Å². The van der Waals surface area contributed by atoms with Crippen LogP contribution in [-0.2, 0) is 9.53 Å². The number of methoxy groups -OCH3 is 1. The van der Waals surface area contributed by atoms with Crippen molar-refractivity contribution in [3.8, 4) is 0 Å². The molecule has 0 aliphatic heterocycles. The van der Waals surface area contributed by atoms with Gasteiger partial charge < -0.3 is 10.1 Å². The van der Waals surface area contributed by atoms with E-state index in [0.717, 1.165) is 15.7 Å². The Balaban J connectivity index is 2.65. The molecular formula is C11H12BrNO2. The van der Waals surface area contributed by atoms with E-state index in [1.54, 1.807) is 6.20 Å². The number of hydrogen-bond donors (Lipinski definition) is 1. The highest BCUT2D eigenvalue weighted by Crippen LogP contribution is 2.19. The molecule has 15 heavy (non-hydrogen) atoms. The molecule has 0 unspecified atom stereocenters. The van der Waals surface area contributed by atoms with Gasteiger partial charge in [-0.1, -0.05) is 15.9 Å².